The number of hydrogen-bond donors (Lipinski definition) is 1. The second-order valence-corrected chi connectivity index (χ2v) is 7.20. The van der Waals surface area contributed by atoms with Gasteiger partial charge in [0.25, 0.3) is 0 Å². The van der Waals surface area contributed by atoms with E-state index in [0.717, 1.165) is 35.8 Å². The van der Waals surface area contributed by atoms with Gasteiger partial charge >= 0.3 is 5.97 Å². The first-order chi connectivity index (χ1) is 9.73. The standard InChI is InChI=1S/C14H22N2O2S2/c1-3-18-12(17)14(15-2)7-4-5-11(14)6-9-19-13-16-8-10-20-13/h8,10-11,15H,3-7,9H2,1-2H3. The van der Waals surface area contributed by atoms with Crippen molar-refractivity contribution < 1.29 is 9.53 Å². The van der Waals surface area contributed by atoms with Gasteiger partial charge in [-0.3, -0.25) is 4.79 Å². The molecule has 0 saturated heterocycles. The first kappa shape index (κ1) is 15.8. The molecular weight excluding hydrogens is 292 g/mol. The van der Waals surface area contributed by atoms with Crippen LogP contribution >= 0.6 is 23.1 Å². The van der Waals surface area contributed by atoms with Crippen molar-refractivity contribution in [3.63, 3.8) is 0 Å². The highest BCUT2D eigenvalue weighted by Crippen LogP contribution is 2.40. The first-order valence-corrected chi connectivity index (χ1v) is 8.98. The summed E-state index contributed by atoms with van der Waals surface area (Å²) in [6.45, 7) is 2.31. The Hall–Kier alpha value is -0.590. The lowest BCUT2D eigenvalue weighted by atomic mass is 9.85. The van der Waals surface area contributed by atoms with Crippen LogP contribution in [0.4, 0.5) is 0 Å². The highest BCUT2D eigenvalue weighted by molar-refractivity contribution is 8.00. The van der Waals surface area contributed by atoms with Gasteiger partial charge in [0.2, 0.25) is 0 Å². The summed E-state index contributed by atoms with van der Waals surface area (Å²) in [5.41, 5.74) is -0.473. The lowest BCUT2D eigenvalue weighted by molar-refractivity contribution is -0.152. The van der Waals surface area contributed by atoms with Crippen LogP contribution in [0, 0.1) is 5.92 Å². The number of hydrogen-bond acceptors (Lipinski definition) is 6. The number of carbonyl (C=O) groups is 1. The van der Waals surface area contributed by atoms with E-state index < -0.39 is 5.54 Å². The summed E-state index contributed by atoms with van der Waals surface area (Å²) < 4.78 is 6.39. The number of nitrogens with zero attached hydrogens (tertiary/aromatic N) is 1. The van der Waals surface area contributed by atoms with E-state index in [1.807, 2.05) is 25.5 Å². The van der Waals surface area contributed by atoms with Crippen molar-refractivity contribution in [3.8, 4) is 0 Å². The Labute approximate surface area is 128 Å². The van der Waals surface area contributed by atoms with Crippen molar-refractivity contribution in [3.05, 3.63) is 11.6 Å². The molecule has 0 radical (unpaired) electrons. The van der Waals surface area contributed by atoms with Crippen LogP contribution in [0.2, 0.25) is 0 Å². The Morgan fingerprint density at radius 2 is 2.55 bits per heavy atom. The molecule has 0 aliphatic heterocycles. The van der Waals surface area contributed by atoms with E-state index in [1.165, 1.54) is 0 Å². The average molecular weight is 314 g/mol. The van der Waals surface area contributed by atoms with Gasteiger partial charge in [-0.2, -0.15) is 0 Å². The molecule has 1 aliphatic carbocycles. The van der Waals surface area contributed by atoms with Crippen LogP contribution in [-0.4, -0.2) is 35.9 Å². The van der Waals surface area contributed by atoms with Crippen LogP contribution in [0.15, 0.2) is 15.9 Å². The summed E-state index contributed by atoms with van der Waals surface area (Å²) in [6, 6.07) is 0. The molecule has 20 heavy (non-hydrogen) atoms. The smallest absolute Gasteiger partial charge is 0.326 e. The van der Waals surface area contributed by atoms with Gasteiger partial charge in [-0.15, -0.1) is 11.3 Å². The third kappa shape index (κ3) is 3.35. The second kappa shape index (κ2) is 7.43. The lowest BCUT2D eigenvalue weighted by Gasteiger charge is -2.32. The van der Waals surface area contributed by atoms with Crippen molar-refractivity contribution in [2.24, 2.45) is 5.92 Å². The van der Waals surface area contributed by atoms with Crippen molar-refractivity contribution in [1.29, 1.82) is 0 Å². The third-order valence-corrected chi connectivity index (χ3v) is 6.01. The molecular formula is C14H22N2O2S2. The van der Waals surface area contributed by atoms with Crippen molar-refractivity contribution in [2.75, 3.05) is 19.4 Å². The summed E-state index contributed by atoms with van der Waals surface area (Å²) in [5.74, 6) is 1.28. The van der Waals surface area contributed by atoms with Crippen LogP contribution < -0.4 is 5.32 Å². The van der Waals surface area contributed by atoms with E-state index >= 15 is 0 Å². The summed E-state index contributed by atoms with van der Waals surface area (Å²) in [5, 5.41) is 5.25. The van der Waals surface area contributed by atoms with Gasteiger partial charge in [-0.25, -0.2) is 4.98 Å². The molecule has 6 heteroatoms. The Bertz CT molecular complexity index is 425. The second-order valence-electron chi connectivity index (χ2n) is 4.97. The fourth-order valence-corrected chi connectivity index (χ4v) is 4.76. The molecule has 1 aromatic rings. The van der Waals surface area contributed by atoms with Crippen LogP contribution in [0.25, 0.3) is 0 Å². The number of ether oxygens (including phenoxy) is 1. The zero-order valence-electron chi connectivity index (χ0n) is 12.1. The molecule has 0 aromatic carbocycles. The molecule has 1 heterocycles. The molecule has 0 spiro atoms. The maximum atomic E-state index is 12.3. The van der Waals surface area contributed by atoms with Gasteiger partial charge in [0.1, 0.15) is 9.88 Å². The molecule has 1 fully saturated rings. The van der Waals surface area contributed by atoms with Gasteiger partial charge in [0, 0.05) is 17.3 Å². The molecule has 2 unspecified atom stereocenters. The van der Waals surface area contributed by atoms with E-state index in [-0.39, 0.29) is 5.97 Å². The van der Waals surface area contributed by atoms with Crippen molar-refractivity contribution >= 4 is 29.1 Å². The fraction of sp³-hybridized carbons (Fsp3) is 0.714. The van der Waals surface area contributed by atoms with Gasteiger partial charge < -0.3 is 10.1 Å². The molecule has 2 rings (SSSR count). The minimum atomic E-state index is -0.473. The lowest BCUT2D eigenvalue weighted by Crippen LogP contribution is -2.54. The minimum absolute atomic E-state index is 0.0794. The van der Waals surface area contributed by atoms with E-state index in [2.05, 4.69) is 10.3 Å². The molecule has 1 aromatic heterocycles. The quantitative estimate of drug-likeness (QED) is 0.619. The third-order valence-electron chi connectivity index (χ3n) is 4.01. The van der Waals surface area contributed by atoms with E-state index in [0.29, 0.717) is 12.5 Å². The van der Waals surface area contributed by atoms with Crippen LogP contribution in [0.3, 0.4) is 0 Å². The SMILES string of the molecule is CCOC(=O)C1(NC)CCCC1CCSc1nccs1. The predicted octanol–water partition coefficient (Wildman–Crippen LogP) is 2.95. The van der Waals surface area contributed by atoms with Crippen LogP contribution in [-0.2, 0) is 9.53 Å². The number of likely N-dealkylation sites (N-methyl/N-ethyl adjacent to an activating group) is 1. The zero-order valence-corrected chi connectivity index (χ0v) is 13.7. The maximum Gasteiger partial charge on any atom is 0.326 e. The summed E-state index contributed by atoms with van der Waals surface area (Å²) in [6.07, 6.45) is 5.92. The normalized spacial score (nSPS) is 25.8. The largest absolute Gasteiger partial charge is 0.465 e. The first-order valence-electron chi connectivity index (χ1n) is 7.11. The Morgan fingerprint density at radius 3 is 3.20 bits per heavy atom. The summed E-state index contributed by atoms with van der Waals surface area (Å²) in [4.78, 5) is 16.6. The van der Waals surface area contributed by atoms with Crippen molar-refractivity contribution in [1.82, 2.24) is 10.3 Å². The fourth-order valence-electron chi connectivity index (χ4n) is 3.00. The molecule has 1 aliphatic rings. The van der Waals surface area contributed by atoms with Gasteiger partial charge in [-0.05, 0) is 39.2 Å². The number of carbonyl (C=O) groups excluding carboxylic acids is 1. The molecule has 0 bridgehead atoms. The predicted molar refractivity (Wildman–Crippen MR) is 83.2 cm³/mol. The highest BCUT2D eigenvalue weighted by Gasteiger charge is 2.48. The van der Waals surface area contributed by atoms with Crippen LogP contribution in [0.1, 0.15) is 32.6 Å². The van der Waals surface area contributed by atoms with Gasteiger partial charge in [0.15, 0.2) is 0 Å². The van der Waals surface area contributed by atoms with Gasteiger partial charge in [-0.1, -0.05) is 18.2 Å². The molecule has 2 atom stereocenters. The van der Waals surface area contributed by atoms with E-state index in [1.54, 1.807) is 23.1 Å². The Morgan fingerprint density at radius 1 is 1.70 bits per heavy atom. The topological polar surface area (TPSA) is 51.2 Å². The summed E-state index contributed by atoms with van der Waals surface area (Å²) >= 11 is 3.45. The van der Waals surface area contributed by atoms with Gasteiger partial charge in [0.05, 0.1) is 6.61 Å². The molecule has 4 nitrogen and oxygen atoms in total. The number of nitrogens with one attached hydrogen (secondary N) is 1. The number of esters is 1. The molecule has 1 saturated carbocycles. The maximum absolute atomic E-state index is 12.3. The Kier molecular flexibility index (Phi) is 5.86. The zero-order chi connectivity index (χ0) is 14.4. The number of thioether (sulfide) groups is 1. The molecule has 1 N–H and O–H groups in total. The Balaban J connectivity index is 1.92. The number of aromatic nitrogens is 1. The number of rotatable bonds is 7. The van der Waals surface area contributed by atoms with Crippen molar-refractivity contribution in [2.45, 2.75) is 42.5 Å². The molecule has 112 valence electrons. The minimum Gasteiger partial charge on any atom is -0.465 e. The molecule has 0 amide bonds. The monoisotopic (exact) mass is 314 g/mol. The van der Waals surface area contributed by atoms with E-state index in [9.17, 15) is 4.79 Å². The van der Waals surface area contributed by atoms with E-state index in [4.69, 9.17) is 4.74 Å². The van der Waals surface area contributed by atoms with Crippen LogP contribution in [0.5, 0.6) is 0 Å². The highest BCUT2D eigenvalue weighted by atomic mass is 32.2. The number of thiazole rings is 1. The summed E-state index contributed by atoms with van der Waals surface area (Å²) in [7, 11) is 1.88. The average Bonchev–Trinajstić information content (AvgIpc) is 3.09.